The van der Waals surface area contributed by atoms with Gasteiger partial charge in [-0.15, -0.1) is 0 Å². The van der Waals surface area contributed by atoms with Gasteiger partial charge in [0.2, 0.25) is 0 Å². The summed E-state index contributed by atoms with van der Waals surface area (Å²) in [5.41, 5.74) is 2.14. The molecule has 2 N–H and O–H groups in total. The van der Waals surface area contributed by atoms with Crippen LogP contribution in [0.15, 0.2) is 18.6 Å². The molecule has 2 aromatic rings. The number of anilines is 2. The molecule has 0 bridgehead atoms. The van der Waals surface area contributed by atoms with Crippen molar-refractivity contribution in [1.82, 2.24) is 19.7 Å². The van der Waals surface area contributed by atoms with Crippen molar-refractivity contribution in [2.24, 2.45) is 7.05 Å². The molecule has 20 heavy (non-hydrogen) atoms. The molecule has 0 saturated heterocycles. The third kappa shape index (κ3) is 3.69. The largest absolute Gasteiger partial charge is 0.370 e. The van der Waals surface area contributed by atoms with Gasteiger partial charge >= 0.3 is 0 Å². The Bertz CT molecular complexity index is 548. The second-order valence-electron chi connectivity index (χ2n) is 4.78. The van der Waals surface area contributed by atoms with Gasteiger partial charge in [-0.2, -0.15) is 5.10 Å². The first-order chi connectivity index (χ1) is 9.70. The lowest BCUT2D eigenvalue weighted by Gasteiger charge is -2.12. The molecule has 0 atom stereocenters. The van der Waals surface area contributed by atoms with Crippen molar-refractivity contribution >= 4 is 11.6 Å². The van der Waals surface area contributed by atoms with E-state index >= 15 is 0 Å². The molecular weight excluding hydrogens is 252 g/mol. The summed E-state index contributed by atoms with van der Waals surface area (Å²) in [6.45, 7) is 5.89. The summed E-state index contributed by atoms with van der Waals surface area (Å²) in [5, 5.41) is 11.0. The maximum atomic E-state index is 4.35. The van der Waals surface area contributed by atoms with E-state index in [0.29, 0.717) is 0 Å². The lowest BCUT2D eigenvalue weighted by atomic mass is 10.2. The van der Waals surface area contributed by atoms with Crippen LogP contribution in [0, 0.1) is 6.92 Å². The number of rotatable bonds is 7. The van der Waals surface area contributed by atoms with Crippen LogP contribution in [-0.4, -0.2) is 32.8 Å². The molecule has 2 aromatic heterocycles. The van der Waals surface area contributed by atoms with Gasteiger partial charge in [-0.1, -0.05) is 6.92 Å². The molecule has 0 fully saturated rings. The van der Waals surface area contributed by atoms with E-state index < -0.39 is 0 Å². The molecule has 0 aliphatic heterocycles. The SMILES string of the molecule is CCCNc1ncnc(NCCc2ccn(C)n2)c1C. The van der Waals surface area contributed by atoms with Crippen LogP contribution in [0.5, 0.6) is 0 Å². The van der Waals surface area contributed by atoms with Crippen LogP contribution in [0.1, 0.15) is 24.6 Å². The molecule has 0 aliphatic rings. The summed E-state index contributed by atoms with van der Waals surface area (Å²) in [6.07, 6.45) is 5.50. The number of nitrogens with one attached hydrogen (secondary N) is 2. The van der Waals surface area contributed by atoms with Crippen LogP contribution >= 0.6 is 0 Å². The average molecular weight is 274 g/mol. The Labute approximate surface area is 119 Å². The highest BCUT2D eigenvalue weighted by molar-refractivity contribution is 5.56. The van der Waals surface area contributed by atoms with E-state index in [4.69, 9.17) is 0 Å². The Morgan fingerprint density at radius 2 is 1.85 bits per heavy atom. The van der Waals surface area contributed by atoms with E-state index in [0.717, 1.165) is 48.8 Å². The Morgan fingerprint density at radius 1 is 1.15 bits per heavy atom. The van der Waals surface area contributed by atoms with Crippen molar-refractivity contribution < 1.29 is 0 Å². The highest BCUT2D eigenvalue weighted by Gasteiger charge is 2.06. The fourth-order valence-corrected chi connectivity index (χ4v) is 1.96. The van der Waals surface area contributed by atoms with Gasteiger partial charge in [-0.25, -0.2) is 9.97 Å². The molecule has 0 unspecified atom stereocenters. The molecule has 2 heterocycles. The van der Waals surface area contributed by atoms with Crippen molar-refractivity contribution in [1.29, 1.82) is 0 Å². The second kappa shape index (κ2) is 6.88. The summed E-state index contributed by atoms with van der Waals surface area (Å²) < 4.78 is 1.82. The zero-order chi connectivity index (χ0) is 14.4. The molecule has 6 nitrogen and oxygen atoms in total. The van der Waals surface area contributed by atoms with E-state index in [-0.39, 0.29) is 0 Å². The van der Waals surface area contributed by atoms with Gasteiger partial charge in [0, 0.05) is 38.3 Å². The summed E-state index contributed by atoms with van der Waals surface area (Å²) in [4.78, 5) is 8.56. The van der Waals surface area contributed by atoms with Gasteiger partial charge in [0.25, 0.3) is 0 Å². The second-order valence-corrected chi connectivity index (χ2v) is 4.78. The van der Waals surface area contributed by atoms with Crippen molar-refractivity contribution in [3.8, 4) is 0 Å². The quantitative estimate of drug-likeness (QED) is 0.808. The maximum absolute atomic E-state index is 4.35. The van der Waals surface area contributed by atoms with Crippen LogP contribution in [0.2, 0.25) is 0 Å². The Hall–Kier alpha value is -2.11. The molecule has 0 aliphatic carbocycles. The summed E-state index contributed by atoms with van der Waals surface area (Å²) in [5.74, 6) is 1.79. The molecule has 0 amide bonds. The molecule has 0 radical (unpaired) electrons. The first kappa shape index (κ1) is 14.3. The summed E-state index contributed by atoms with van der Waals surface area (Å²) >= 11 is 0. The van der Waals surface area contributed by atoms with Gasteiger partial charge in [0.1, 0.15) is 18.0 Å². The van der Waals surface area contributed by atoms with E-state index in [1.54, 1.807) is 6.33 Å². The van der Waals surface area contributed by atoms with E-state index in [1.165, 1.54) is 0 Å². The molecule has 2 rings (SSSR count). The monoisotopic (exact) mass is 274 g/mol. The van der Waals surface area contributed by atoms with Gasteiger partial charge in [0.15, 0.2) is 0 Å². The lowest BCUT2D eigenvalue weighted by Crippen LogP contribution is -2.11. The smallest absolute Gasteiger partial charge is 0.134 e. The van der Waals surface area contributed by atoms with E-state index in [2.05, 4.69) is 32.6 Å². The third-order valence-electron chi connectivity index (χ3n) is 3.07. The fraction of sp³-hybridized carbons (Fsp3) is 0.500. The predicted octanol–water partition coefficient (Wildman–Crippen LogP) is 2.00. The molecule has 0 spiro atoms. The molecule has 0 aromatic carbocycles. The number of aryl methyl sites for hydroxylation is 1. The molecular formula is C14H22N6. The van der Waals surface area contributed by atoms with Crippen LogP contribution in [0.4, 0.5) is 11.6 Å². The number of aromatic nitrogens is 4. The Balaban J connectivity index is 1.92. The van der Waals surface area contributed by atoms with Gasteiger partial charge in [-0.3, -0.25) is 4.68 Å². The van der Waals surface area contributed by atoms with Gasteiger partial charge in [-0.05, 0) is 19.4 Å². The van der Waals surface area contributed by atoms with Crippen molar-refractivity contribution in [3.63, 3.8) is 0 Å². The summed E-state index contributed by atoms with van der Waals surface area (Å²) in [6, 6.07) is 2.03. The fourth-order valence-electron chi connectivity index (χ4n) is 1.96. The van der Waals surface area contributed by atoms with E-state index in [1.807, 2.05) is 30.9 Å². The van der Waals surface area contributed by atoms with Crippen molar-refractivity contribution in [2.75, 3.05) is 23.7 Å². The minimum absolute atomic E-state index is 0.808. The maximum Gasteiger partial charge on any atom is 0.134 e. The first-order valence-electron chi connectivity index (χ1n) is 6.98. The molecule has 6 heteroatoms. The lowest BCUT2D eigenvalue weighted by molar-refractivity contribution is 0.741. The molecule has 108 valence electrons. The van der Waals surface area contributed by atoms with Crippen molar-refractivity contribution in [2.45, 2.75) is 26.7 Å². The van der Waals surface area contributed by atoms with Crippen LogP contribution in [0.25, 0.3) is 0 Å². The first-order valence-corrected chi connectivity index (χ1v) is 6.98. The predicted molar refractivity (Wildman–Crippen MR) is 81.0 cm³/mol. The highest BCUT2D eigenvalue weighted by atomic mass is 15.2. The van der Waals surface area contributed by atoms with E-state index in [9.17, 15) is 0 Å². The standard InChI is InChI=1S/C14H22N6/c1-4-7-15-13-11(2)14(18-10-17-13)16-8-5-12-6-9-20(3)19-12/h6,9-10H,4-5,7-8H2,1-3H3,(H2,15,16,17,18). The Morgan fingerprint density at radius 3 is 2.45 bits per heavy atom. The number of nitrogens with zero attached hydrogens (tertiary/aromatic N) is 4. The summed E-state index contributed by atoms with van der Waals surface area (Å²) in [7, 11) is 1.93. The minimum Gasteiger partial charge on any atom is -0.370 e. The van der Waals surface area contributed by atoms with Gasteiger partial charge in [0.05, 0.1) is 5.69 Å². The zero-order valence-corrected chi connectivity index (χ0v) is 12.3. The van der Waals surface area contributed by atoms with Gasteiger partial charge < -0.3 is 10.6 Å². The Kier molecular flexibility index (Phi) is 4.92. The van der Waals surface area contributed by atoms with Crippen LogP contribution in [-0.2, 0) is 13.5 Å². The minimum atomic E-state index is 0.808. The topological polar surface area (TPSA) is 67.7 Å². The zero-order valence-electron chi connectivity index (χ0n) is 12.3. The van der Waals surface area contributed by atoms with Crippen molar-refractivity contribution in [3.05, 3.63) is 29.8 Å². The normalized spacial score (nSPS) is 10.6. The third-order valence-corrected chi connectivity index (χ3v) is 3.07. The highest BCUT2D eigenvalue weighted by Crippen LogP contribution is 2.17. The number of hydrogen-bond acceptors (Lipinski definition) is 5. The van der Waals surface area contributed by atoms with Crippen LogP contribution in [0.3, 0.4) is 0 Å². The van der Waals surface area contributed by atoms with Crippen LogP contribution < -0.4 is 10.6 Å². The average Bonchev–Trinajstić information content (AvgIpc) is 2.85. The number of hydrogen-bond donors (Lipinski definition) is 2. The molecule has 0 saturated carbocycles.